The summed E-state index contributed by atoms with van der Waals surface area (Å²) in [4.78, 5) is 35.4. The molecule has 1 aliphatic heterocycles. The van der Waals surface area contributed by atoms with E-state index in [1.54, 1.807) is 27.8 Å². The predicted octanol–water partition coefficient (Wildman–Crippen LogP) is 3.57. The fourth-order valence-electron chi connectivity index (χ4n) is 3.05. The van der Waals surface area contributed by atoms with Crippen molar-refractivity contribution in [1.29, 1.82) is 0 Å². The molecule has 3 heterocycles. The van der Waals surface area contributed by atoms with Crippen molar-refractivity contribution in [3.05, 3.63) is 64.3 Å². The van der Waals surface area contributed by atoms with Gasteiger partial charge in [-0.2, -0.15) is 18.6 Å². The van der Waals surface area contributed by atoms with Gasteiger partial charge >= 0.3 is 0 Å². The van der Waals surface area contributed by atoms with E-state index in [9.17, 15) is 9.59 Å². The molecule has 0 radical (unpaired) electrons. The fourth-order valence-corrected chi connectivity index (χ4v) is 3.34. The number of nitrogens with zero attached hydrogens (tertiary/aromatic N) is 5. The topological polar surface area (TPSA) is 93.0 Å². The summed E-state index contributed by atoms with van der Waals surface area (Å²) in [7, 11) is 0. The van der Waals surface area contributed by atoms with Gasteiger partial charge in [-0.25, -0.2) is 4.98 Å². The van der Waals surface area contributed by atoms with E-state index >= 15 is 0 Å². The van der Waals surface area contributed by atoms with Crippen LogP contribution in [0.5, 0.6) is 0 Å². The number of nitrogens with one attached hydrogen (secondary N) is 1. The van der Waals surface area contributed by atoms with Gasteiger partial charge in [-0.1, -0.05) is 23.2 Å². The summed E-state index contributed by atoms with van der Waals surface area (Å²) in [6.07, 6.45) is 5.76. The molecule has 3 aromatic rings. The molecule has 0 bridgehead atoms. The minimum absolute atomic E-state index is 0. The first kappa shape index (κ1) is 21.1. The first-order chi connectivity index (χ1) is 13.5. The average Bonchev–Trinajstić information content (AvgIpc) is 3.14. The Bertz CT molecular complexity index is 1080. The monoisotopic (exact) mass is 450 g/mol. The zero-order valence-electron chi connectivity index (χ0n) is 15.1. The summed E-state index contributed by atoms with van der Waals surface area (Å²) >= 11 is 12.1. The van der Waals surface area contributed by atoms with E-state index in [-0.39, 0.29) is 42.5 Å². The number of carbonyl (C=O) groups excluding carboxylic acids is 2. The summed E-state index contributed by atoms with van der Waals surface area (Å²) in [6, 6.07) is 4.83. The second-order valence-electron chi connectivity index (χ2n) is 6.26. The summed E-state index contributed by atoms with van der Waals surface area (Å²) in [5, 5.41) is 7.61. The molecule has 2 amide bonds. The fraction of sp³-hybridized carbons (Fsp3) is 0.167. The molecule has 0 saturated carbocycles. The third-order valence-electron chi connectivity index (χ3n) is 4.37. The lowest BCUT2D eigenvalue weighted by Crippen LogP contribution is -2.43. The van der Waals surface area contributed by atoms with Gasteiger partial charge in [-0.05, 0) is 25.1 Å². The highest BCUT2D eigenvalue weighted by Gasteiger charge is 2.35. The maximum Gasteiger partial charge on any atom is 0.277 e. The van der Waals surface area contributed by atoms with Crippen LogP contribution in [-0.2, 0) is 0 Å². The van der Waals surface area contributed by atoms with Gasteiger partial charge in [0.2, 0.25) is 0 Å². The highest BCUT2D eigenvalue weighted by molar-refractivity contribution is 7.59. The van der Waals surface area contributed by atoms with Crippen LogP contribution in [-0.4, -0.2) is 38.1 Å². The Morgan fingerprint density at radius 2 is 2.00 bits per heavy atom. The number of hydrogen-bond acceptors (Lipinski definition) is 5. The number of benzene rings is 1. The molecule has 0 unspecified atom stereocenters. The van der Waals surface area contributed by atoms with Crippen molar-refractivity contribution in [2.75, 3.05) is 16.8 Å². The third kappa shape index (κ3) is 3.93. The number of aromatic nitrogens is 4. The SMILES string of the molecule is C[C@H]1CN(c2ccc(Cl)c(Cl)c2)C(=O)c2c(C(=O)Nc3cnccn3)cnn21.S. The molecule has 1 N–H and O–H groups in total. The van der Waals surface area contributed by atoms with Gasteiger partial charge in [0.05, 0.1) is 34.0 Å². The molecule has 1 aliphatic rings. The lowest BCUT2D eigenvalue weighted by molar-refractivity contribution is 0.0939. The highest BCUT2D eigenvalue weighted by atomic mass is 35.5. The van der Waals surface area contributed by atoms with Crippen LogP contribution < -0.4 is 10.2 Å². The predicted molar refractivity (Wildman–Crippen MR) is 115 cm³/mol. The molecule has 29 heavy (non-hydrogen) atoms. The molecule has 2 aromatic heterocycles. The molecule has 0 aliphatic carbocycles. The first-order valence-electron chi connectivity index (χ1n) is 8.37. The highest BCUT2D eigenvalue weighted by Crippen LogP contribution is 2.32. The Balaban J connectivity index is 0.00000240. The second-order valence-corrected chi connectivity index (χ2v) is 7.07. The normalized spacial score (nSPS) is 15.5. The maximum absolute atomic E-state index is 13.2. The van der Waals surface area contributed by atoms with Crippen LogP contribution in [0, 0.1) is 0 Å². The molecular formula is C18H16Cl2N6O2S. The zero-order chi connectivity index (χ0) is 19.8. The van der Waals surface area contributed by atoms with Crippen molar-refractivity contribution in [3.63, 3.8) is 0 Å². The molecule has 1 atom stereocenters. The van der Waals surface area contributed by atoms with Crippen LogP contribution in [0.25, 0.3) is 0 Å². The van der Waals surface area contributed by atoms with Crippen LogP contribution in [0.2, 0.25) is 10.0 Å². The van der Waals surface area contributed by atoms with Gasteiger partial charge in [0, 0.05) is 24.6 Å². The number of fused-ring (bicyclic) bond motifs is 1. The molecule has 11 heteroatoms. The van der Waals surface area contributed by atoms with Gasteiger partial charge in [0.25, 0.3) is 11.8 Å². The summed E-state index contributed by atoms with van der Waals surface area (Å²) in [6.45, 7) is 2.30. The van der Waals surface area contributed by atoms with Gasteiger partial charge in [0.15, 0.2) is 5.82 Å². The minimum atomic E-state index is -0.488. The Morgan fingerprint density at radius 1 is 1.21 bits per heavy atom. The van der Waals surface area contributed by atoms with Gasteiger partial charge < -0.3 is 10.2 Å². The van der Waals surface area contributed by atoms with E-state index in [0.29, 0.717) is 22.3 Å². The van der Waals surface area contributed by atoms with Crippen molar-refractivity contribution < 1.29 is 9.59 Å². The van der Waals surface area contributed by atoms with Crippen LogP contribution in [0.3, 0.4) is 0 Å². The number of halogens is 2. The number of rotatable bonds is 3. The van der Waals surface area contributed by atoms with E-state index in [1.165, 1.54) is 24.8 Å². The molecule has 0 spiro atoms. The first-order valence-corrected chi connectivity index (χ1v) is 9.13. The molecule has 150 valence electrons. The summed E-state index contributed by atoms with van der Waals surface area (Å²) < 4.78 is 1.56. The standard InChI is InChI=1S/C18H14Cl2N6O2.H2S/c1-10-9-25(11-2-3-13(19)14(20)6-11)18(28)16-12(7-23-26(10)16)17(27)24-15-8-21-4-5-22-15;/h2-8,10H,9H2,1H3,(H,22,24,27);1H2/t10-;/m0./s1. The van der Waals surface area contributed by atoms with Crippen LogP contribution in [0.1, 0.15) is 33.8 Å². The molecule has 4 rings (SSSR count). The van der Waals surface area contributed by atoms with Gasteiger partial charge in [-0.15, -0.1) is 0 Å². The molecule has 1 aromatic carbocycles. The Labute approximate surface area is 183 Å². The van der Waals surface area contributed by atoms with Crippen LogP contribution in [0.15, 0.2) is 43.0 Å². The van der Waals surface area contributed by atoms with E-state index in [2.05, 4.69) is 20.4 Å². The van der Waals surface area contributed by atoms with Gasteiger partial charge in [-0.3, -0.25) is 19.3 Å². The number of carbonyl (C=O) groups is 2. The minimum Gasteiger partial charge on any atom is -0.305 e. The smallest absolute Gasteiger partial charge is 0.277 e. The molecule has 8 nitrogen and oxygen atoms in total. The second kappa shape index (κ2) is 8.40. The quantitative estimate of drug-likeness (QED) is 0.658. The lowest BCUT2D eigenvalue weighted by atomic mass is 10.1. The van der Waals surface area contributed by atoms with Crippen molar-refractivity contribution in [2.45, 2.75) is 13.0 Å². The number of anilines is 2. The number of hydrogen-bond donors (Lipinski definition) is 1. The summed E-state index contributed by atoms with van der Waals surface area (Å²) in [5.74, 6) is -0.554. The number of amides is 2. The lowest BCUT2D eigenvalue weighted by Gasteiger charge is -2.32. The van der Waals surface area contributed by atoms with Gasteiger partial charge in [0.1, 0.15) is 5.69 Å². The van der Waals surface area contributed by atoms with Crippen molar-refractivity contribution in [3.8, 4) is 0 Å². The van der Waals surface area contributed by atoms with E-state index in [1.807, 2.05) is 6.92 Å². The molecule has 0 fully saturated rings. The van der Waals surface area contributed by atoms with E-state index < -0.39 is 5.91 Å². The van der Waals surface area contributed by atoms with Crippen molar-refractivity contribution in [1.82, 2.24) is 19.7 Å². The van der Waals surface area contributed by atoms with E-state index in [0.717, 1.165) is 0 Å². The largest absolute Gasteiger partial charge is 0.305 e. The van der Waals surface area contributed by atoms with Crippen molar-refractivity contribution >= 4 is 60.0 Å². The van der Waals surface area contributed by atoms with E-state index in [4.69, 9.17) is 23.2 Å². The third-order valence-corrected chi connectivity index (χ3v) is 5.11. The van der Waals surface area contributed by atoms with Crippen LogP contribution >= 0.6 is 36.7 Å². The average molecular weight is 451 g/mol. The Hall–Kier alpha value is -2.62. The molecule has 0 saturated heterocycles. The Kier molecular flexibility index (Phi) is 6.11. The van der Waals surface area contributed by atoms with Crippen LogP contribution in [0.4, 0.5) is 11.5 Å². The zero-order valence-corrected chi connectivity index (χ0v) is 17.6. The van der Waals surface area contributed by atoms with Crippen molar-refractivity contribution in [2.24, 2.45) is 0 Å². The maximum atomic E-state index is 13.2. The Morgan fingerprint density at radius 3 is 2.69 bits per heavy atom. The molecular weight excluding hydrogens is 435 g/mol. The summed E-state index contributed by atoms with van der Waals surface area (Å²) in [5.41, 5.74) is 0.956.